The Balaban J connectivity index is 2.48. The van der Waals surface area contributed by atoms with E-state index in [1.807, 2.05) is 12.1 Å². The smallest absolute Gasteiger partial charge is 0.0674 e. The Hall–Kier alpha value is 0.0800. The maximum Gasteiger partial charge on any atom is 0.0674 e. The number of benzene rings is 2. The lowest BCUT2D eigenvalue weighted by Gasteiger charge is -2.14. The molecule has 0 nitrogen and oxygen atoms in total. The third-order valence-electron chi connectivity index (χ3n) is 2.49. The minimum absolute atomic E-state index is 0.131. The van der Waals surface area contributed by atoms with E-state index in [0.717, 1.165) is 11.1 Å². The van der Waals surface area contributed by atoms with E-state index >= 15 is 0 Å². The van der Waals surface area contributed by atoms with Crippen molar-refractivity contribution in [2.75, 3.05) is 0 Å². The first-order valence-electron chi connectivity index (χ1n) is 5.03. The van der Waals surface area contributed by atoms with Crippen LogP contribution >= 0.6 is 62.3 Å². The molecule has 5 heteroatoms. The third-order valence-corrected chi connectivity index (χ3v) is 4.87. The molecule has 0 spiro atoms. The molecule has 1 unspecified atom stereocenters. The van der Waals surface area contributed by atoms with Gasteiger partial charge in [0.2, 0.25) is 0 Å². The monoisotopic (exact) mass is 382 g/mol. The van der Waals surface area contributed by atoms with E-state index in [-0.39, 0.29) is 4.83 Å². The molecule has 0 aromatic heterocycles. The third kappa shape index (κ3) is 2.97. The van der Waals surface area contributed by atoms with Crippen molar-refractivity contribution in [2.24, 2.45) is 0 Å². The van der Waals surface area contributed by atoms with Crippen LogP contribution in [0.15, 0.2) is 36.4 Å². The number of alkyl halides is 1. The summed E-state index contributed by atoms with van der Waals surface area (Å²) in [7, 11) is 0. The van der Waals surface area contributed by atoms with E-state index in [1.165, 1.54) is 0 Å². The van der Waals surface area contributed by atoms with E-state index in [2.05, 4.69) is 15.9 Å². The fourth-order valence-corrected chi connectivity index (χ4v) is 3.55. The second-order valence-electron chi connectivity index (χ2n) is 3.67. The predicted molar refractivity (Wildman–Crippen MR) is 83.7 cm³/mol. The molecule has 0 radical (unpaired) electrons. The largest absolute Gasteiger partial charge is 0.0839 e. The summed E-state index contributed by atoms with van der Waals surface area (Å²) in [5, 5.41) is 2.23. The standard InChI is InChI=1S/C13H7BrCl4/c14-13(7-4-5-8(15)11(18)6-7)12-9(16)2-1-3-10(12)17/h1-6,13H. The van der Waals surface area contributed by atoms with Gasteiger partial charge in [-0.15, -0.1) is 0 Å². The van der Waals surface area contributed by atoms with Gasteiger partial charge < -0.3 is 0 Å². The minimum atomic E-state index is -0.131. The molecule has 2 aromatic carbocycles. The van der Waals surface area contributed by atoms with Crippen molar-refractivity contribution in [3.05, 3.63) is 67.6 Å². The van der Waals surface area contributed by atoms with E-state index in [4.69, 9.17) is 46.4 Å². The second kappa shape index (κ2) is 6.02. The number of halogens is 5. The van der Waals surface area contributed by atoms with Crippen molar-refractivity contribution in [3.8, 4) is 0 Å². The molecule has 0 N–H and O–H groups in total. The van der Waals surface area contributed by atoms with Gasteiger partial charge in [0.25, 0.3) is 0 Å². The number of hydrogen-bond donors (Lipinski definition) is 0. The fraction of sp³-hybridized carbons (Fsp3) is 0.0769. The Labute approximate surface area is 134 Å². The van der Waals surface area contributed by atoms with Crippen LogP contribution in [0.3, 0.4) is 0 Å². The topological polar surface area (TPSA) is 0 Å². The highest BCUT2D eigenvalue weighted by Gasteiger charge is 2.17. The molecule has 1 atom stereocenters. The molecule has 0 aliphatic rings. The number of rotatable bonds is 2. The van der Waals surface area contributed by atoms with Crippen LogP contribution in [-0.2, 0) is 0 Å². The molecule has 0 fully saturated rings. The van der Waals surface area contributed by atoms with Crippen LogP contribution in [0, 0.1) is 0 Å². The molecule has 0 heterocycles. The SMILES string of the molecule is Clc1ccc(C(Br)c2c(Cl)cccc2Cl)cc1Cl. The Kier molecular flexibility index (Phi) is 4.85. The Morgan fingerprint density at radius 3 is 1.94 bits per heavy atom. The molecule has 0 aliphatic heterocycles. The van der Waals surface area contributed by atoms with Gasteiger partial charge >= 0.3 is 0 Å². The summed E-state index contributed by atoms with van der Waals surface area (Å²) in [6, 6.07) is 10.8. The van der Waals surface area contributed by atoms with Crippen molar-refractivity contribution in [3.63, 3.8) is 0 Å². The highest BCUT2D eigenvalue weighted by Crippen LogP contribution is 2.40. The normalized spacial score (nSPS) is 12.5. The van der Waals surface area contributed by atoms with Gasteiger partial charge in [-0.05, 0) is 29.8 Å². The molecule has 0 amide bonds. The molecule has 0 saturated heterocycles. The lowest BCUT2D eigenvalue weighted by Crippen LogP contribution is -1.95. The molecule has 0 saturated carbocycles. The van der Waals surface area contributed by atoms with Gasteiger partial charge in [0.1, 0.15) is 0 Å². The van der Waals surface area contributed by atoms with Crippen LogP contribution in [0.4, 0.5) is 0 Å². The molecule has 18 heavy (non-hydrogen) atoms. The number of hydrogen-bond acceptors (Lipinski definition) is 0. The second-order valence-corrected chi connectivity index (χ2v) is 6.22. The molecule has 2 rings (SSSR count). The first-order chi connectivity index (χ1) is 8.50. The van der Waals surface area contributed by atoms with Crippen LogP contribution in [0.1, 0.15) is 16.0 Å². The Bertz CT molecular complexity index is 563. The summed E-state index contributed by atoms with van der Waals surface area (Å²) in [5.74, 6) is 0. The first-order valence-corrected chi connectivity index (χ1v) is 7.46. The minimum Gasteiger partial charge on any atom is -0.0839 e. The first kappa shape index (κ1) is 14.5. The summed E-state index contributed by atoms with van der Waals surface area (Å²) in [4.78, 5) is -0.131. The maximum atomic E-state index is 6.17. The maximum absolute atomic E-state index is 6.17. The summed E-state index contributed by atoms with van der Waals surface area (Å²) >= 11 is 27.8. The Morgan fingerprint density at radius 2 is 1.39 bits per heavy atom. The average Bonchev–Trinajstić information content (AvgIpc) is 2.32. The predicted octanol–water partition coefficient (Wildman–Crippen LogP) is 6.78. The lowest BCUT2D eigenvalue weighted by atomic mass is 10.0. The summed E-state index contributed by atoms with van der Waals surface area (Å²) in [6.07, 6.45) is 0. The van der Waals surface area contributed by atoms with E-state index < -0.39 is 0 Å². The summed E-state index contributed by atoms with van der Waals surface area (Å²) in [5.41, 5.74) is 1.76. The zero-order valence-electron chi connectivity index (χ0n) is 8.93. The quantitative estimate of drug-likeness (QED) is 0.500. The molecule has 0 aliphatic carbocycles. The van der Waals surface area contributed by atoms with Crippen LogP contribution in [0.25, 0.3) is 0 Å². The molecular weight excluding hydrogens is 378 g/mol. The van der Waals surface area contributed by atoms with Gasteiger partial charge in [-0.1, -0.05) is 74.5 Å². The van der Waals surface area contributed by atoms with Gasteiger partial charge in [-0.2, -0.15) is 0 Å². The molecule has 94 valence electrons. The molecule has 0 bridgehead atoms. The van der Waals surface area contributed by atoms with E-state index in [0.29, 0.717) is 20.1 Å². The van der Waals surface area contributed by atoms with Crippen molar-refractivity contribution in [2.45, 2.75) is 4.83 Å². The van der Waals surface area contributed by atoms with Gasteiger partial charge in [-0.25, -0.2) is 0 Å². The fourth-order valence-electron chi connectivity index (χ4n) is 1.59. The van der Waals surface area contributed by atoms with Gasteiger partial charge in [0.15, 0.2) is 0 Å². The van der Waals surface area contributed by atoms with Crippen molar-refractivity contribution < 1.29 is 0 Å². The Morgan fingerprint density at radius 1 is 0.778 bits per heavy atom. The zero-order valence-corrected chi connectivity index (χ0v) is 13.5. The van der Waals surface area contributed by atoms with Gasteiger partial charge in [0, 0.05) is 15.6 Å². The van der Waals surface area contributed by atoms with Crippen LogP contribution < -0.4 is 0 Å². The van der Waals surface area contributed by atoms with Crippen LogP contribution in [-0.4, -0.2) is 0 Å². The average molecular weight is 385 g/mol. The molecular formula is C13H7BrCl4. The molecule has 2 aromatic rings. The summed E-state index contributed by atoms with van der Waals surface area (Å²) in [6.45, 7) is 0. The van der Waals surface area contributed by atoms with Crippen molar-refractivity contribution in [1.29, 1.82) is 0 Å². The van der Waals surface area contributed by atoms with Crippen LogP contribution in [0.2, 0.25) is 20.1 Å². The van der Waals surface area contributed by atoms with E-state index in [1.54, 1.807) is 24.3 Å². The highest BCUT2D eigenvalue weighted by molar-refractivity contribution is 9.09. The van der Waals surface area contributed by atoms with E-state index in [9.17, 15) is 0 Å². The van der Waals surface area contributed by atoms with Gasteiger partial charge in [0.05, 0.1) is 14.9 Å². The lowest BCUT2D eigenvalue weighted by molar-refractivity contribution is 1.18. The van der Waals surface area contributed by atoms with Crippen LogP contribution in [0.5, 0.6) is 0 Å². The van der Waals surface area contributed by atoms with Crippen molar-refractivity contribution in [1.82, 2.24) is 0 Å². The highest BCUT2D eigenvalue weighted by atomic mass is 79.9. The van der Waals surface area contributed by atoms with Crippen molar-refractivity contribution >= 4 is 62.3 Å². The van der Waals surface area contributed by atoms with Gasteiger partial charge in [-0.3, -0.25) is 0 Å². The zero-order chi connectivity index (χ0) is 13.3. The summed E-state index contributed by atoms with van der Waals surface area (Å²) < 4.78 is 0.